The van der Waals surface area contributed by atoms with E-state index < -0.39 is 11.7 Å². The van der Waals surface area contributed by atoms with Crippen LogP contribution in [-0.4, -0.2) is 31.1 Å². The molecule has 0 spiro atoms. The molecule has 1 aromatic rings. The zero-order valence-corrected chi connectivity index (χ0v) is 13.9. The lowest BCUT2D eigenvalue weighted by molar-refractivity contribution is -0.137. The van der Waals surface area contributed by atoms with Crippen molar-refractivity contribution in [2.45, 2.75) is 50.4 Å². The number of carbonyl (C=O) groups excluding carboxylic acids is 1. The average Bonchev–Trinajstić information content (AvgIpc) is 2.90. The minimum Gasteiger partial charge on any atom is -0.492 e. The normalized spacial score (nSPS) is 25.6. The second-order valence-electron chi connectivity index (χ2n) is 6.90. The highest BCUT2D eigenvalue weighted by Crippen LogP contribution is 2.32. The Bertz CT molecular complexity index is 577. The molecule has 2 aliphatic rings. The molecule has 0 radical (unpaired) electrons. The molecule has 2 unspecified atom stereocenters. The number of amides is 1. The second-order valence-corrected chi connectivity index (χ2v) is 6.90. The van der Waals surface area contributed by atoms with Gasteiger partial charge in [-0.1, -0.05) is 0 Å². The minimum atomic E-state index is -4.35. The highest BCUT2D eigenvalue weighted by Gasteiger charge is 2.34. The van der Waals surface area contributed by atoms with Gasteiger partial charge in [-0.2, -0.15) is 13.2 Å². The quantitative estimate of drug-likeness (QED) is 0.770. The van der Waals surface area contributed by atoms with Crippen LogP contribution in [0.2, 0.25) is 0 Å². The van der Waals surface area contributed by atoms with Crippen LogP contribution in [0.1, 0.15) is 37.7 Å². The Balaban J connectivity index is 1.33. The predicted molar refractivity (Wildman–Crippen MR) is 87.2 cm³/mol. The molecule has 1 aromatic carbocycles. The highest BCUT2D eigenvalue weighted by atomic mass is 19.4. The molecule has 3 rings (SSSR count). The molecule has 2 bridgehead atoms. The van der Waals surface area contributed by atoms with Gasteiger partial charge in [0.2, 0.25) is 5.91 Å². The third kappa shape index (κ3) is 5.11. The highest BCUT2D eigenvalue weighted by molar-refractivity contribution is 5.76. The fraction of sp³-hybridized carbons (Fsp3) is 0.611. The SMILES string of the molecule is O=C(CC1CC2CCC(C1)N2)NCCOc1ccc(C(F)(F)F)cc1. The molecular formula is C18H23F3N2O2. The first kappa shape index (κ1) is 18.0. The first-order valence-corrected chi connectivity index (χ1v) is 8.73. The van der Waals surface area contributed by atoms with Gasteiger partial charge in [-0.3, -0.25) is 4.79 Å². The maximum absolute atomic E-state index is 12.5. The van der Waals surface area contributed by atoms with E-state index in [0.29, 0.717) is 36.7 Å². The Morgan fingerprint density at radius 1 is 1.16 bits per heavy atom. The van der Waals surface area contributed by atoms with E-state index in [1.807, 2.05) is 0 Å². The zero-order chi connectivity index (χ0) is 17.9. The van der Waals surface area contributed by atoms with Gasteiger partial charge in [0, 0.05) is 18.5 Å². The summed E-state index contributed by atoms with van der Waals surface area (Å²) < 4.78 is 42.8. The van der Waals surface area contributed by atoms with E-state index in [1.54, 1.807) is 0 Å². The Morgan fingerprint density at radius 2 is 1.80 bits per heavy atom. The molecule has 2 fully saturated rings. The summed E-state index contributed by atoms with van der Waals surface area (Å²) in [4.78, 5) is 12.0. The standard InChI is InChI=1S/C18H23F3N2O2/c19-18(20,21)13-1-5-16(6-2-13)25-8-7-22-17(24)11-12-9-14-3-4-15(10-12)23-14/h1-2,5-6,12,14-15,23H,3-4,7-11H2,(H,22,24). The number of halogens is 3. The van der Waals surface area contributed by atoms with Crippen molar-refractivity contribution in [1.29, 1.82) is 0 Å². The Labute approximate surface area is 145 Å². The molecule has 2 heterocycles. The van der Waals surface area contributed by atoms with Gasteiger partial charge in [0.1, 0.15) is 12.4 Å². The number of rotatable bonds is 6. The third-order valence-corrected chi connectivity index (χ3v) is 4.92. The number of ether oxygens (including phenoxy) is 1. The number of carbonyl (C=O) groups is 1. The van der Waals surface area contributed by atoms with Crippen LogP contribution < -0.4 is 15.4 Å². The van der Waals surface area contributed by atoms with Crippen molar-refractivity contribution >= 4 is 5.91 Å². The number of nitrogens with one attached hydrogen (secondary N) is 2. The van der Waals surface area contributed by atoms with Crippen LogP contribution in [0.4, 0.5) is 13.2 Å². The van der Waals surface area contributed by atoms with Gasteiger partial charge in [0.25, 0.3) is 0 Å². The Hall–Kier alpha value is -1.76. The molecule has 7 heteroatoms. The molecule has 2 aliphatic heterocycles. The molecule has 25 heavy (non-hydrogen) atoms. The fourth-order valence-corrected chi connectivity index (χ4v) is 3.78. The van der Waals surface area contributed by atoms with Crippen LogP contribution >= 0.6 is 0 Å². The maximum Gasteiger partial charge on any atom is 0.416 e. The molecule has 2 saturated heterocycles. The van der Waals surface area contributed by atoms with Gasteiger partial charge in [0.05, 0.1) is 12.1 Å². The van der Waals surface area contributed by atoms with Gasteiger partial charge in [-0.25, -0.2) is 0 Å². The summed E-state index contributed by atoms with van der Waals surface area (Å²) in [6.45, 7) is 0.576. The van der Waals surface area contributed by atoms with Crippen molar-refractivity contribution in [3.63, 3.8) is 0 Å². The monoisotopic (exact) mass is 356 g/mol. The van der Waals surface area contributed by atoms with E-state index in [4.69, 9.17) is 4.74 Å². The molecule has 0 aliphatic carbocycles. The molecule has 2 N–H and O–H groups in total. The second kappa shape index (κ2) is 7.64. The molecule has 0 saturated carbocycles. The van der Waals surface area contributed by atoms with Crippen molar-refractivity contribution in [1.82, 2.24) is 10.6 Å². The number of benzene rings is 1. The van der Waals surface area contributed by atoms with Crippen LogP contribution in [0, 0.1) is 5.92 Å². The van der Waals surface area contributed by atoms with E-state index in [1.165, 1.54) is 25.0 Å². The van der Waals surface area contributed by atoms with E-state index >= 15 is 0 Å². The van der Waals surface area contributed by atoms with Crippen molar-refractivity contribution in [3.8, 4) is 5.75 Å². The van der Waals surface area contributed by atoms with E-state index in [0.717, 1.165) is 25.0 Å². The number of piperidine rings is 1. The largest absolute Gasteiger partial charge is 0.492 e. The van der Waals surface area contributed by atoms with Gasteiger partial charge in [-0.05, 0) is 55.9 Å². The Kier molecular flexibility index (Phi) is 5.51. The number of alkyl halides is 3. The van der Waals surface area contributed by atoms with Gasteiger partial charge in [0.15, 0.2) is 0 Å². The third-order valence-electron chi connectivity index (χ3n) is 4.92. The molecule has 2 atom stereocenters. The number of fused-ring (bicyclic) bond motifs is 2. The topological polar surface area (TPSA) is 50.4 Å². The van der Waals surface area contributed by atoms with Gasteiger partial charge < -0.3 is 15.4 Å². The summed E-state index contributed by atoms with van der Waals surface area (Å²) in [6.07, 6.45) is 0.737. The van der Waals surface area contributed by atoms with Crippen LogP contribution in [0.3, 0.4) is 0 Å². The van der Waals surface area contributed by atoms with Crippen molar-refractivity contribution in [2.75, 3.05) is 13.2 Å². The summed E-state index contributed by atoms with van der Waals surface area (Å²) >= 11 is 0. The van der Waals surface area contributed by atoms with Crippen LogP contribution in [0.15, 0.2) is 24.3 Å². The molecule has 4 nitrogen and oxygen atoms in total. The maximum atomic E-state index is 12.5. The van der Waals surface area contributed by atoms with Crippen LogP contribution in [-0.2, 0) is 11.0 Å². The first-order chi connectivity index (χ1) is 11.9. The summed E-state index contributed by atoms with van der Waals surface area (Å²) in [5.74, 6) is 0.814. The zero-order valence-electron chi connectivity index (χ0n) is 13.9. The molecule has 138 valence electrons. The molecule has 0 aromatic heterocycles. The Morgan fingerprint density at radius 3 is 2.40 bits per heavy atom. The van der Waals surface area contributed by atoms with E-state index in [-0.39, 0.29) is 12.5 Å². The smallest absolute Gasteiger partial charge is 0.416 e. The first-order valence-electron chi connectivity index (χ1n) is 8.73. The fourth-order valence-electron chi connectivity index (χ4n) is 3.78. The van der Waals surface area contributed by atoms with Crippen molar-refractivity contribution in [2.24, 2.45) is 5.92 Å². The lowest BCUT2D eigenvalue weighted by Crippen LogP contribution is -2.40. The molecule has 1 amide bonds. The lowest BCUT2D eigenvalue weighted by atomic mass is 9.89. The van der Waals surface area contributed by atoms with Gasteiger partial charge in [-0.15, -0.1) is 0 Å². The number of hydrogen-bond donors (Lipinski definition) is 2. The van der Waals surface area contributed by atoms with E-state index in [2.05, 4.69) is 10.6 Å². The predicted octanol–water partition coefficient (Wildman–Crippen LogP) is 3.12. The van der Waals surface area contributed by atoms with Gasteiger partial charge >= 0.3 is 6.18 Å². The summed E-state index contributed by atoms with van der Waals surface area (Å²) in [5, 5.41) is 6.38. The van der Waals surface area contributed by atoms with Crippen LogP contribution in [0.25, 0.3) is 0 Å². The average molecular weight is 356 g/mol. The van der Waals surface area contributed by atoms with Crippen molar-refractivity contribution in [3.05, 3.63) is 29.8 Å². The number of hydrogen-bond acceptors (Lipinski definition) is 3. The summed E-state index contributed by atoms with van der Waals surface area (Å²) in [6, 6.07) is 5.68. The van der Waals surface area contributed by atoms with Crippen LogP contribution in [0.5, 0.6) is 5.75 Å². The minimum absolute atomic E-state index is 0.0160. The lowest BCUT2D eigenvalue weighted by Gasteiger charge is -2.28. The summed E-state index contributed by atoms with van der Waals surface area (Å²) in [5.41, 5.74) is -0.705. The van der Waals surface area contributed by atoms with E-state index in [9.17, 15) is 18.0 Å². The summed E-state index contributed by atoms with van der Waals surface area (Å²) in [7, 11) is 0. The molecular weight excluding hydrogens is 333 g/mol. The van der Waals surface area contributed by atoms with Crippen molar-refractivity contribution < 1.29 is 22.7 Å².